The van der Waals surface area contributed by atoms with Gasteiger partial charge in [0.05, 0.1) is 11.1 Å². The van der Waals surface area contributed by atoms with Crippen LogP contribution in [-0.2, 0) is 6.54 Å². The van der Waals surface area contributed by atoms with Crippen LogP contribution in [0.4, 0.5) is 5.95 Å². The Morgan fingerprint density at radius 2 is 2.20 bits per heavy atom. The number of imidazole rings is 1. The zero-order valence-corrected chi connectivity index (χ0v) is 12.3. The van der Waals surface area contributed by atoms with Crippen LogP contribution in [0.1, 0.15) is 25.8 Å². The van der Waals surface area contributed by atoms with Crippen LogP contribution in [0.2, 0.25) is 0 Å². The van der Waals surface area contributed by atoms with Gasteiger partial charge in [0.15, 0.2) is 0 Å². The van der Waals surface area contributed by atoms with E-state index in [0.717, 1.165) is 25.0 Å². The molecule has 0 aliphatic rings. The third-order valence-corrected chi connectivity index (χ3v) is 3.70. The highest BCUT2D eigenvalue weighted by Crippen LogP contribution is 2.21. The van der Waals surface area contributed by atoms with E-state index in [-0.39, 0.29) is 0 Å². The summed E-state index contributed by atoms with van der Waals surface area (Å²) in [6.07, 6.45) is 1.00. The highest BCUT2D eigenvalue weighted by Gasteiger charge is 2.11. The molecule has 5 heteroatoms. The molecule has 1 aromatic carbocycles. The molecule has 0 aliphatic heterocycles. The van der Waals surface area contributed by atoms with Gasteiger partial charge in [0.1, 0.15) is 11.6 Å². The number of rotatable bonds is 5. The molecule has 106 valence electrons. The third kappa shape index (κ3) is 2.75. The summed E-state index contributed by atoms with van der Waals surface area (Å²) < 4.78 is 1.99. The second kappa shape index (κ2) is 5.93. The molecule has 0 bridgehead atoms. The van der Waals surface area contributed by atoms with E-state index in [1.54, 1.807) is 6.07 Å². The first kappa shape index (κ1) is 14.4. The van der Waals surface area contributed by atoms with Crippen molar-refractivity contribution in [3.63, 3.8) is 0 Å². The molecular formula is C15H21N5. The van der Waals surface area contributed by atoms with Crippen LogP contribution in [0.3, 0.4) is 0 Å². The molecule has 20 heavy (non-hydrogen) atoms. The molecule has 0 spiro atoms. The Morgan fingerprint density at radius 3 is 2.85 bits per heavy atom. The van der Waals surface area contributed by atoms with Crippen LogP contribution in [0, 0.1) is 11.3 Å². The van der Waals surface area contributed by atoms with Crippen molar-refractivity contribution in [1.29, 1.82) is 5.26 Å². The molecule has 0 amide bonds. The first-order chi connectivity index (χ1) is 9.54. The maximum Gasteiger partial charge on any atom is 0.201 e. The number of nitriles is 1. The quantitative estimate of drug-likeness (QED) is 0.905. The lowest BCUT2D eigenvalue weighted by atomic mass is 10.2. The van der Waals surface area contributed by atoms with Crippen molar-refractivity contribution < 1.29 is 0 Å². The average molecular weight is 271 g/mol. The molecule has 0 fully saturated rings. The van der Waals surface area contributed by atoms with E-state index in [9.17, 15) is 0 Å². The minimum absolute atomic E-state index is 0.481. The van der Waals surface area contributed by atoms with Crippen molar-refractivity contribution in [3.8, 4) is 6.07 Å². The van der Waals surface area contributed by atoms with E-state index in [1.165, 1.54) is 0 Å². The second-order valence-corrected chi connectivity index (χ2v) is 5.33. The fourth-order valence-electron chi connectivity index (χ4n) is 2.23. The molecule has 0 atom stereocenters. The van der Waals surface area contributed by atoms with E-state index in [1.807, 2.05) is 16.7 Å². The number of fused-ring (bicyclic) bond motifs is 1. The van der Waals surface area contributed by atoms with E-state index in [4.69, 9.17) is 11.0 Å². The van der Waals surface area contributed by atoms with Gasteiger partial charge in [-0.15, -0.1) is 0 Å². The molecule has 1 heterocycles. The van der Waals surface area contributed by atoms with Crippen LogP contribution in [0.15, 0.2) is 18.2 Å². The van der Waals surface area contributed by atoms with Crippen molar-refractivity contribution >= 4 is 17.0 Å². The van der Waals surface area contributed by atoms with Crippen molar-refractivity contribution in [3.05, 3.63) is 23.8 Å². The number of para-hydroxylation sites is 1. The topological polar surface area (TPSA) is 70.9 Å². The van der Waals surface area contributed by atoms with E-state index in [0.29, 0.717) is 23.1 Å². The molecule has 5 nitrogen and oxygen atoms in total. The Bertz CT molecular complexity index is 635. The van der Waals surface area contributed by atoms with Crippen molar-refractivity contribution in [2.45, 2.75) is 32.9 Å². The standard InChI is InChI=1S/C15H21N5/c1-11(2)19(3)8-5-9-20-13-7-4-6-12(10-16)14(13)18-15(20)17/h4,6-7,11H,5,8-9H2,1-3H3,(H2,17,18). The molecule has 0 saturated carbocycles. The Kier molecular flexibility index (Phi) is 4.26. The number of nitrogens with zero attached hydrogens (tertiary/aromatic N) is 4. The lowest BCUT2D eigenvalue weighted by Gasteiger charge is -2.21. The van der Waals surface area contributed by atoms with Crippen molar-refractivity contribution in [2.75, 3.05) is 19.3 Å². The number of nitrogens with two attached hydrogens (primary N) is 1. The van der Waals surface area contributed by atoms with Gasteiger partial charge in [-0.1, -0.05) is 6.07 Å². The first-order valence-electron chi connectivity index (χ1n) is 6.89. The molecule has 0 aliphatic carbocycles. The van der Waals surface area contributed by atoms with Gasteiger partial charge >= 0.3 is 0 Å². The molecule has 2 rings (SSSR count). The minimum Gasteiger partial charge on any atom is -0.369 e. The smallest absolute Gasteiger partial charge is 0.201 e. The van der Waals surface area contributed by atoms with Gasteiger partial charge in [0, 0.05) is 12.6 Å². The fourth-order valence-corrected chi connectivity index (χ4v) is 2.23. The maximum absolute atomic E-state index is 9.10. The van der Waals surface area contributed by atoms with Gasteiger partial charge in [-0.25, -0.2) is 4.98 Å². The lowest BCUT2D eigenvalue weighted by molar-refractivity contribution is 0.266. The number of nitrogen functional groups attached to an aromatic ring is 1. The predicted octanol–water partition coefficient (Wildman–Crippen LogP) is 2.22. The summed E-state index contributed by atoms with van der Waals surface area (Å²) in [7, 11) is 2.12. The number of aryl methyl sites for hydroxylation is 1. The van der Waals surface area contributed by atoms with Crippen LogP contribution < -0.4 is 5.73 Å². The Morgan fingerprint density at radius 1 is 1.45 bits per heavy atom. The molecule has 0 radical (unpaired) electrons. The van der Waals surface area contributed by atoms with Gasteiger partial charge in [0.25, 0.3) is 0 Å². The first-order valence-corrected chi connectivity index (χ1v) is 6.89. The van der Waals surface area contributed by atoms with Gasteiger partial charge in [-0.2, -0.15) is 5.26 Å². The fraction of sp³-hybridized carbons (Fsp3) is 0.467. The van der Waals surface area contributed by atoms with E-state index >= 15 is 0 Å². The molecule has 2 aromatic rings. The van der Waals surface area contributed by atoms with E-state index in [2.05, 4.69) is 36.8 Å². The van der Waals surface area contributed by atoms with Crippen LogP contribution in [0.5, 0.6) is 0 Å². The predicted molar refractivity (Wildman–Crippen MR) is 81.2 cm³/mol. The summed E-state index contributed by atoms with van der Waals surface area (Å²) in [5.41, 5.74) is 8.20. The highest BCUT2D eigenvalue weighted by molar-refractivity contribution is 5.83. The number of anilines is 1. The van der Waals surface area contributed by atoms with Crippen LogP contribution >= 0.6 is 0 Å². The van der Waals surface area contributed by atoms with E-state index < -0.39 is 0 Å². The SMILES string of the molecule is CC(C)N(C)CCCn1c(N)nc2c(C#N)cccc21. The Balaban J connectivity index is 2.19. The van der Waals surface area contributed by atoms with Gasteiger partial charge in [0.2, 0.25) is 5.95 Å². The van der Waals surface area contributed by atoms with Crippen LogP contribution in [-0.4, -0.2) is 34.1 Å². The summed E-state index contributed by atoms with van der Waals surface area (Å²) in [6, 6.07) is 8.31. The second-order valence-electron chi connectivity index (χ2n) is 5.33. The molecule has 1 aromatic heterocycles. The molecule has 0 unspecified atom stereocenters. The van der Waals surface area contributed by atoms with Gasteiger partial charge < -0.3 is 15.2 Å². The third-order valence-electron chi connectivity index (χ3n) is 3.70. The number of benzene rings is 1. The monoisotopic (exact) mass is 271 g/mol. The summed E-state index contributed by atoms with van der Waals surface area (Å²) in [4.78, 5) is 6.62. The zero-order valence-electron chi connectivity index (χ0n) is 12.3. The normalized spacial score (nSPS) is 11.4. The van der Waals surface area contributed by atoms with Gasteiger partial charge in [-0.3, -0.25) is 0 Å². The largest absolute Gasteiger partial charge is 0.369 e. The number of hydrogen-bond donors (Lipinski definition) is 1. The molecule has 2 N–H and O–H groups in total. The minimum atomic E-state index is 0.481. The lowest BCUT2D eigenvalue weighted by Crippen LogP contribution is -2.28. The van der Waals surface area contributed by atoms with Crippen LogP contribution in [0.25, 0.3) is 11.0 Å². The molecule has 0 saturated heterocycles. The summed E-state index contributed by atoms with van der Waals surface area (Å²) in [5, 5.41) is 9.10. The Hall–Kier alpha value is -2.06. The number of hydrogen-bond acceptors (Lipinski definition) is 4. The van der Waals surface area contributed by atoms with Crippen molar-refractivity contribution in [1.82, 2.24) is 14.5 Å². The maximum atomic E-state index is 9.10. The average Bonchev–Trinajstić information content (AvgIpc) is 2.74. The zero-order chi connectivity index (χ0) is 14.7. The number of aromatic nitrogens is 2. The van der Waals surface area contributed by atoms with Crippen molar-refractivity contribution in [2.24, 2.45) is 0 Å². The Labute approximate surface area is 119 Å². The highest BCUT2D eigenvalue weighted by atomic mass is 15.2. The summed E-state index contributed by atoms with van der Waals surface area (Å²) in [6.45, 7) is 6.18. The summed E-state index contributed by atoms with van der Waals surface area (Å²) in [5.74, 6) is 0.481. The summed E-state index contributed by atoms with van der Waals surface area (Å²) >= 11 is 0. The molecular weight excluding hydrogens is 250 g/mol. The van der Waals surface area contributed by atoms with Gasteiger partial charge in [-0.05, 0) is 46.0 Å².